The van der Waals surface area contributed by atoms with Crippen molar-refractivity contribution in [2.75, 3.05) is 6.61 Å². The van der Waals surface area contributed by atoms with Gasteiger partial charge in [-0.25, -0.2) is 9.59 Å². The number of aliphatic hydroxyl groups is 3. The summed E-state index contributed by atoms with van der Waals surface area (Å²) >= 11 is 0. The fraction of sp³-hybridized carbons (Fsp3) is 0.489. The first kappa shape index (κ1) is 43.9. The molecule has 1 amide bonds. The summed E-state index contributed by atoms with van der Waals surface area (Å²) in [6.07, 6.45) is -8.17. The van der Waals surface area contributed by atoms with Crippen LogP contribution in [-0.2, 0) is 42.9 Å². The minimum absolute atomic E-state index is 0.00709. The van der Waals surface area contributed by atoms with Crippen LogP contribution in [0.1, 0.15) is 92.8 Å². The standard InChI is InChI=1S/C47H51NO15/c1-24-30(61-43(56)35(51)34(29-17-12-20-58-29)48-40(53)26-13-8-6-9-14-26)22-47(57)39(62-41(54)27-15-10-7-11-16-27)37-45(5,38(52)36(60-25(2)49)33(24)44(47,3)4)31(50)21-32-46(37,23-59-32)63-42(55)28-18-19-28/h6-17,20,28,30-32,34-37,39,50-51,57H,18-19,21-23H2,1-5H3,(H,48,53)/t30-,31-,32+,34?,35+,36+,37?,39-,45+,46-,47+/m0/s1. The van der Waals surface area contributed by atoms with Crippen molar-refractivity contribution in [3.05, 3.63) is 107 Å². The summed E-state index contributed by atoms with van der Waals surface area (Å²) in [7, 11) is 0. The van der Waals surface area contributed by atoms with Crippen LogP contribution in [0.2, 0.25) is 0 Å². The molecule has 1 aromatic heterocycles. The van der Waals surface area contributed by atoms with Gasteiger partial charge in [-0.15, -0.1) is 0 Å². The summed E-state index contributed by atoms with van der Waals surface area (Å²) in [5.74, 6) is -7.14. The Labute approximate surface area is 362 Å². The molecule has 2 bridgehead atoms. The van der Waals surface area contributed by atoms with Crippen molar-refractivity contribution in [3.63, 3.8) is 0 Å². The molecule has 3 saturated carbocycles. The molecule has 4 aliphatic carbocycles. The first-order chi connectivity index (χ1) is 29.8. The number of hydrogen-bond donors (Lipinski definition) is 4. The number of carbonyl (C=O) groups is 6. The van der Waals surface area contributed by atoms with E-state index in [0.717, 1.165) is 6.92 Å². The molecule has 16 nitrogen and oxygen atoms in total. The molecule has 4 fully saturated rings. The van der Waals surface area contributed by atoms with Crippen LogP contribution in [0.25, 0.3) is 0 Å². The van der Waals surface area contributed by atoms with Crippen molar-refractivity contribution in [3.8, 4) is 0 Å². The van der Waals surface area contributed by atoms with Gasteiger partial charge in [-0.1, -0.05) is 50.2 Å². The molecule has 4 N–H and O–H groups in total. The third-order valence-corrected chi connectivity index (χ3v) is 14.0. The number of amides is 1. The molecule has 2 heterocycles. The molecule has 5 aliphatic rings. The summed E-state index contributed by atoms with van der Waals surface area (Å²) in [6.45, 7) is 6.87. The van der Waals surface area contributed by atoms with E-state index in [1.807, 2.05) is 0 Å². The van der Waals surface area contributed by atoms with Gasteiger partial charge < -0.3 is 48.7 Å². The first-order valence-electron chi connectivity index (χ1n) is 21.1. The van der Waals surface area contributed by atoms with Gasteiger partial charge in [0.25, 0.3) is 5.91 Å². The number of rotatable bonds is 11. The molecule has 3 aromatic rings. The summed E-state index contributed by atoms with van der Waals surface area (Å²) in [5.41, 5.74) is -7.42. The number of aliphatic hydroxyl groups excluding tert-OH is 2. The fourth-order valence-corrected chi connectivity index (χ4v) is 10.3. The maximum absolute atomic E-state index is 15.6. The maximum atomic E-state index is 15.6. The second kappa shape index (κ2) is 16.1. The van der Waals surface area contributed by atoms with Gasteiger partial charge >= 0.3 is 23.9 Å². The SMILES string of the molecule is CC(=O)O[C@H]1C(=O)[C@@]2(C)C([C@H](OC(=O)c3ccccc3)[C@]3(O)C[C@H](OC(=O)[C@H](O)C(NC(=O)c4ccccc4)c4ccco4)C(C)=C1C3(C)C)[C@]1(OC(=O)C3CC3)CO[C@@H]1C[C@@H]2O. The number of Topliss-reactive ketones (excluding diaryl/α,β-unsaturated/α-hetero) is 1. The number of furan rings is 1. The molecule has 11 atom stereocenters. The summed E-state index contributed by atoms with van der Waals surface area (Å²) in [4.78, 5) is 84.3. The zero-order valence-electron chi connectivity index (χ0n) is 35.5. The summed E-state index contributed by atoms with van der Waals surface area (Å²) in [5, 5.41) is 40.2. The molecule has 1 aliphatic heterocycles. The van der Waals surface area contributed by atoms with E-state index >= 15 is 4.79 Å². The zero-order chi connectivity index (χ0) is 45.2. The highest BCUT2D eigenvalue weighted by Gasteiger charge is 2.78. The number of ether oxygens (including phenoxy) is 5. The highest BCUT2D eigenvalue weighted by Crippen LogP contribution is 2.64. The largest absolute Gasteiger partial charge is 0.467 e. The number of hydrogen-bond acceptors (Lipinski definition) is 15. The van der Waals surface area contributed by atoms with E-state index in [-0.39, 0.29) is 41.1 Å². The average Bonchev–Trinajstić information content (AvgIpc) is 3.97. The van der Waals surface area contributed by atoms with Gasteiger partial charge in [0.2, 0.25) is 0 Å². The van der Waals surface area contributed by atoms with Crippen molar-refractivity contribution in [2.24, 2.45) is 22.7 Å². The Bertz CT molecular complexity index is 2320. The quantitative estimate of drug-likeness (QED) is 0.122. The van der Waals surface area contributed by atoms with Crippen molar-refractivity contribution >= 4 is 35.6 Å². The van der Waals surface area contributed by atoms with E-state index in [0.29, 0.717) is 12.8 Å². The Morgan fingerprint density at radius 2 is 1.54 bits per heavy atom. The number of fused-ring (bicyclic) bond motifs is 5. The van der Waals surface area contributed by atoms with Gasteiger partial charge in [-0.2, -0.15) is 0 Å². The minimum atomic E-state index is -2.40. The van der Waals surface area contributed by atoms with Crippen LogP contribution in [0, 0.1) is 22.7 Å². The van der Waals surface area contributed by atoms with Gasteiger partial charge in [0.1, 0.15) is 35.7 Å². The highest BCUT2D eigenvalue weighted by molar-refractivity contribution is 5.96. The van der Waals surface area contributed by atoms with Crippen LogP contribution in [0.4, 0.5) is 0 Å². The van der Waals surface area contributed by atoms with Gasteiger partial charge in [-0.3, -0.25) is 19.2 Å². The maximum Gasteiger partial charge on any atom is 0.338 e. The molecule has 2 aromatic carbocycles. The topological polar surface area (TPSA) is 234 Å². The Hall–Kier alpha value is -5.68. The Morgan fingerprint density at radius 3 is 2.11 bits per heavy atom. The third kappa shape index (κ3) is 7.26. The van der Waals surface area contributed by atoms with Gasteiger partial charge in [0.15, 0.2) is 23.6 Å². The first-order valence-corrected chi connectivity index (χ1v) is 21.1. The Balaban J connectivity index is 1.27. The molecule has 1 saturated heterocycles. The predicted octanol–water partition coefficient (Wildman–Crippen LogP) is 3.72. The normalized spacial score (nSPS) is 32.8. The van der Waals surface area contributed by atoms with Gasteiger partial charge in [-0.05, 0) is 74.2 Å². The van der Waals surface area contributed by atoms with Gasteiger partial charge in [0.05, 0.1) is 41.8 Å². The Kier molecular flexibility index (Phi) is 11.3. The summed E-state index contributed by atoms with van der Waals surface area (Å²) < 4.78 is 36.2. The molecular formula is C47H51NO15. The molecule has 63 heavy (non-hydrogen) atoms. The van der Waals surface area contributed by atoms with E-state index in [1.165, 1.54) is 56.5 Å². The van der Waals surface area contributed by atoms with Crippen LogP contribution in [0.3, 0.4) is 0 Å². The number of nitrogens with one attached hydrogen (secondary N) is 1. The fourth-order valence-electron chi connectivity index (χ4n) is 10.3. The second-order valence-corrected chi connectivity index (χ2v) is 18.1. The lowest BCUT2D eigenvalue weighted by molar-refractivity contribution is -0.346. The molecule has 0 radical (unpaired) electrons. The molecule has 8 rings (SSSR count). The van der Waals surface area contributed by atoms with Crippen LogP contribution in [-0.4, -0.2) is 105 Å². The number of carbonyl (C=O) groups excluding carboxylic acids is 6. The van der Waals surface area contributed by atoms with Crippen LogP contribution in [0.5, 0.6) is 0 Å². The van der Waals surface area contributed by atoms with E-state index in [9.17, 15) is 39.3 Å². The van der Waals surface area contributed by atoms with Crippen LogP contribution < -0.4 is 5.32 Å². The van der Waals surface area contributed by atoms with Crippen LogP contribution in [0.15, 0.2) is 94.6 Å². The molecular weight excluding hydrogens is 819 g/mol. The van der Waals surface area contributed by atoms with E-state index in [1.54, 1.807) is 50.2 Å². The van der Waals surface area contributed by atoms with Crippen molar-refractivity contribution < 1.29 is 72.2 Å². The molecule has 2 unspecified atom stereocenters. The lowest BCUT2D eigenvalue weighted by Crippen LogP contribution is -2.82. The second-order valence-electron chi connectivity index (χ2n) is 18.1. The number of ketones is 1. The van der Waals surface area contributed by atoms with Crippen LogP contribution >= 0.6 is 0 Å². The van der Waals surface area contributed by atoms with E-state index in [4.69, 9.17) is 28.1 Å². The van der Waals surface area contributed by atoms with Gasteiger partial charge in [0, 0.05) is 30.7 Å². The smallest absolute Gasteiger partial charge is 0.338 e. The predicted molar refractivity (Wildman–Crippen MR) is 217 cm³/mol. The zero-order valence-corrected chi connectivity index (χ0v) is 35.5. The van der Waals surface area contributed by atoms with Crippen molar-refractivity contribution in [1.29, 1.82) is 0 Å². The lowest BCUT2D eigenvalue weighted by atomic mass is 9.44. The minimum Gasteiger partial charge on any atom is -0.467 e. The molecule has 16 heteroatoms. The van der Waals surface area contributed by atoms with Crippen molar-refractivity contribution in [2.45, 2.75) is 114 Å². The molecule has 334 valence electrons. The Morgan fingerprint density at radius 1 is 0.889 bits per heavy atom. The van der Waals surface area contributed by atoms with E-state index < -0.39 is 119 Å². The molecule has 0 spiro atoms. The monoisotopic (exact) mass is 869 g/mol. The third-order valence-electron chi connectivity index (χ3n) is 14.0. The number of esters is 4. The lowest BCUT2D eigenvalue weighted by Gasteiger charge is -2.67. The summed E-state index contributed by atoms with van der Waals surface area (Å²) in [6, 6.07) is 17.4. The van der Waals surface area contributed by atoms with Crippen molar-refractivity contribution in [1.82, 2.24) is 5.32 Å². The highest BCUT2D eigenvalue weighted by atomic mass is 16.6. The average molecular weight is 870 g/mol. The number of benzene rings is 2. The van der Waals surface area contributed by atoms with E-state index in [2.05, 4.69) is 5.32 Å².